The van der Waals surface area contributed by atoms with Gasteiger partial charge in [0.1, 0.15) is 5.75 Å². The Morgan fingerprint density at radius 2 is 2.07 bits per heavy atom. The highest BCUT2D eigenvalue weighted by Crippen LogP contribution is 2.36. The van der Waals surface area contributed by atoms with Gasteiger partial charge in [-0.05, 0) is 22.0 Å². The molecule has 0 unspecified atom stereocenters. The molecule has 0 amide bonds. The fourth-order valence-corrected chi connectivity index (χ4v) is 2.14. The number of H-pyrrole nitrogens is 1. The normalized spacial score (nSPS) is 9.67. The molecule has 2 aromatic rings. The van der Waals surface area contributed by atoms with Crippen LogP contribution in [0.25, 0.3) is 10.9 Å². The number of methoxy groups -OCH3 is 1. The second kappa shape index (κ2) is 5.42. The van der Waals surface area contributed by atoms with Crippen LogP contribution in [0.4, 0.5) is 0 Å². The average Bonchev–Trinajstić information content (AvgIpc) is 2.76. The summed E-state index contributed by atoms with van der Waals surface area (Å²) in [6.45, 7) is 4.00. The quantitative estimate of drug-likeness (QED) is 0.814. The minimum absolute atomic E-state index is 0.667. The lowest BCUT2D eigenvalue weighted by Crippen LogP contribution is -1.85. The molecular weight excluding hydrogens is 277 g/mol. The Morgan fingerprint density at radius 1 is 1.40 bits per heavy atom. The van der Waals surface area contributed by atoms with Crippen molar-refractivity contribution in [1.82, 2.24) is 4.98 Å². The Morgan fingerprint density at radius 3 is 2.67 bits per heavy atom. The maximum Gasteiger partial charge on any atom is 0.135 e. The zero-order valence-corrected chi connectivity index (χ0v) is 11.2. The summed E-state index contributed by atoms with van der Waals surface area (Å²) in [7, 11) is 1.62. The Bertz CT molecular complexity index is 453. The van der Waals surface area contributed by atoms with Crippen molar-refractivity contribution in [3.05, 3.63) is 27.8 Å². The summed E-state index contributed by atoms with van der Waals surface area (Å²) in [5.41, 5.74) is 0.925. The number of aromatic amines is 1. The van der Waals surface area contributed by atoms with E-state index in [-0.39, 0.29) is 0 Å². The van der Waals surface area contributed by atoms with E-state index in [1.807, 2.05) is 26.1 Å². The number of rotatable bonds is 1. The largest absolute Gasteiger partial charge is 0.495 e. The molecule has 1 heterocycles. The molecule has 0 bridgehead atoms. The van der Waals surface area contributed by atoms with E-state index in [2.05, 4.69) is 20.9 Å². The van der Waals surface area contributed by atoms with Gasteiger partial charge in [0.2, 0.25) is 0 Å². The molecule has 1 aromatic carbocycles. The van der Waals surface area contributed by atoms with Crippen molar-refractivity contribution < 1.29 is 4.74 Å². The lowest BCUT2D eigenvalue weighted by molar-refractivity contribution is 0.413. The molecule has 0 saturated heterocycles. The molecule has 0 fully saturated rings. The van der Waals surface area contributed by atoms with Crippen LogP contribution in [0.15, 0.2) is 22.8 Å². The van der Waals surface area contributed by atoms with Crippen LogP contribution < -0.4 is 4.74 Å². The molecule has 15 heavy (non-hydrogen) atoms. The number of hydrogen-bond acceptors (Lipinski definition) is 1. The monoisotopic (exact) mass is 289 g/mol. The first-order chi connectivity index (χ1) is 7.24. The summed E-state index contributed by atoms with van der Waals surface area (Å²) in [5.74, 6) is 0.747. The van der Waals surface area contributed by atoms with Gasteiger partial charge in [0.05, 0.1) is 22.1 Å². The van der Waals surface area contributed by atoms with Gasteiger partial charge < -0.3 is 9.72 Å². The van der Waals surface area contributed by atoms with Crippen molar-refractivity contribution >= 4 is 38.4 Å². The molecule has 2 nitrogen and oxygen atoms in total. The standard InChI is InChI=1S/C9H7BrClNO.C2H6/c1-13-7-4-6(11)9-5(8(7)10)2-3-12-9;1-2/h2-4,12H,1H3;1-2H3. The zero-order chi connectivity index (χ0) is 11.4. The summed E-state index contributed by atoms with van der Waals surface area (Å²) < 4.78 is 6.08. The average molecular weight is 291 g/mol. The fraction of sp³-hybridized carbons (Fsp3) is 0.273. The summed E-state index contributed by atoms with van der Waals surface area (Å²) in [6.07, 6.45) is 1.85. The molecule has 0 saturated carbocycles. The highest BCUT2D eigenvalue weighted by molar-refractivity contribution is 9.10. The van der Waals surface area contributed by atoms with E-state index in [4.69, 9.17) is 16.3 Å². The molecular formula is C11H13BrClNO. The predicted octanol–water partition coefficient (Wildman–Crippen LogP) is 4.62. The van der Waals surface area contributed by atoms with E-state index in [0.717, 1.165) is 21.1 Å². The van der Waals surface area contributed by atoms with Gasteiger partial charge in [0, 0.05) is 17.6 Å². The molecule has 1 aromatic heterocycles. The molecule has 0 spiro atoms. The van der Waals surface area contributed by atoms with Crippen LogP contribution in [0.1, 0.15) is 13.8 Å². The van der Waals surface area contributed by atoms with Gasteiger partial charge in [0.15, 0.2) is 0 Å². The molecule has 1 N–H and O–H groups in total. The molecule has 0 atom stereocenters. The first-order valence-corrected chi connectivity index (χ1v) is 5.90. The first kappa shape index (κ1) is 12.4. The number of ether oxygens (including phenoxy) is 1. The van der Waals surface area contributed by atoms with Crippen molar-refractivity contribution in [2.24, 2.45) is 0 Å². The van der Waals surface area contributed by atoms with Crippen molar-refractivity contribution in [1.29, 1.82) is 0 Å². The highest BCUT2D eigenvalue weighted by Gasteiger charge is 2.09. The number of halogens is 2. The third kappa shape index (κ3) is 2.29. The van der Waals surface area contributed by atoms with Crippen molar-refractivity contribution in [2.45, 2.75) is 13.8 Å². The topological polar surface area (TPSA) is 25.0 Å². The number of hydrogen-bond donors (Lipinski definition) is 1. The minimum atomic E-state index is 0.667. The van der Waals surface area contributed by atoms with Crippen molar-refractivity contribution in [3.63, 3.8) is 0 Å². The van der Waals surface area contributed by atoms with Gasteiger partial charge in [-0.3, -0.25) is 0 Å². The van der Waals surface area contributed by atoms with Crippen LogP contribution >= 0.6 is 27.5 Å². The summed E-state index contributed by atoms with van der Waals surface area (Å²) in [4.78, 5) is 3.06. The first-order valence-electron chi connectivity index (χ1n) is 4.73. The van der Waals surface area contributed by atoms with Gasteiger partial charge in [-0.25, -0.2) is 0 Å². The smallest absolute Gasteiger partial charge is 0.135 e. The van der Waals surface area contributed by atoms with Gasteiger partial charge in [-0.1, -0.05) is 25.4 Å². The maximum absolute atomic E-state index is 6.02. The van der Waals surface area contributed by atoms with Crippen LogP contribution in [-0.4, -0.2) is 12.1 Å². The summed E-state index contributed by atoms with van der Waals surface area (Å²) >= 11 is 9.47. The van der Waals surface area contributed by atoms with Crippen molar-refractivity contribution in [3.8, 4) is 5.75 Å². The van der Waals surface area contributed by atoms with E-state index in [0.29, 0.717) is 5.02 Å². The molecule has 2 rings (SSSR count). The van der Waals surface area contributed by atoms with Gasteiger partial charge in [-0.15, -0.1) is 0 Å². The molecule has 0 aliphatic rings. The van der Waals surface area contributed by atoms with Crippen LogP contribution in [0, 0.1) is 0 Å². The Kier molecular flexibility index (Phi) is 4.48. The van der Waals surface area contributed by atoms with Crippen LogP contribution in [0.3, 0.4) is 0 Å². The van der Waals surface area contributed by atoms with E-state index >= 15 is 0 Å². The number of benzene rings is 1. The number of fused-ring (bicyclic) bond motifs is 1. The lowest BCUT2D eigenvalue weighted by Gasteiger charge is -2.05. The van der Waals surface area contributed by atoms with E-state index in [1.54, 1.807) is 13.2 Å². The molecule has 4 heteroatoms. The third-order valence-electron chi connectivity index (χ3n) is 1.92. The minimum Gasteiger partial charge on any atom is -0.495 e. The van der Waals surface area contributed by atoms with Crippen LogP contribution in [0.2, 0.25) is 5.02 Å². The Balaban J connectivity index is 0.000000531. The number of nitrogens with one attached hydrogen (secondary N) is 1. The maximum atomic E-state index is 6.02. The van der Waals surface area contributed by atoms with Gasteiger partial charge in [-0.2, -0.15) is 0 Å². The third-order valence-corrected chi connectivity index (χ3v) is 3.03. The second-order valence-corrected chi connectivity index (χ2v) is 3.84. The van der Waals surface area contributed by atoms with E-state index in [1.165, 1.54) is 0 Å². The summed E-state index contributed by atoms with van der Waals surface area (Å²) in [6, 6.07) is 3.73. The van der Waals surface area contributed by atoms with E-state index < -0.39 is 0 Å². The molecule has 0 aliphatic carbocycles. The Hall–Kier alpha value is -0.670. The van der Waals surface area contributed by atoms with Crippen molar-refractivity contribution in [2.75, 3.05) is 7.11 Å². The Labute approximate surface area is 103 Å². The molecule has 0 aliphatic heterocycles. The fourth-order valence-electron chi connectivity index (χ4n) is 1.28. The highest BCUT2D eigenvalue weighted by atomic mass is 79.9. The lowest BCUT2D eigenvalue weighted by atomic mass is 10.2. The molecule has 0 radical (unpaired) electrons. The molecule has 82 valence electrons. The van der Waals surface area contributed by atoms with E-state index in [9.17, 15) is 0 Å². The van der Waals surface area contributed by atoms with Gasteiger partial charge >= 0.3 is 0 Å². The number of aromatic nitrogens is 1. The van der Waals surface area contributed by atoms with Gasteiger partial charge in [0.25, 0.3) is 0 Å². The van der Waals surface area contributed by atoms with Crippen LogP contribution in [0.5, 0.6) is 5.75 Å². The van der Waals surface area contributed by atoms with Crippen LogP contribution in [-0.2, 0) is 0 Å². The summed E-state index contributed by atoms with van der Waals surface area (Å²) in [5, 5.41) is 1.70. The second-order valence-electron chi connectivity index (χ2n) is 2.64. The SMILES string of the molecule is CC.COc1cc(Cl)c2[nH]ccc2c1Br. The predicted molar refractivity (Wildman–Crippen MR) is 68.9 cm³/mol. The zero-order valence-electron chi connectivity index (χ0n) is 8.90.